The molecule has 0 unspecified atom stereocenters. The minimum absolute atomic E-state index is 0.0561. The van der Waals surface area contributed by atoms with Crippen LogP contribution < -0.4 is 4.90 Å². The molecule has 0 heterocycles. The van der Waals surface area contributed by atoms with E-state index < -0.39 is 0 Å². The minimum Gasteiger partial charge on any atom is -0.508 e. The molecule has 3 rings (SSSR count). The SMILES string of the molecule is CCN(C(=O)c1c(C)cc(-c2ccc(O)cc2)cc1C)c1ccc(C#N)cc1. The maximum atomic E-state index is 13.3. The number of phenolic OH excluding ortho intramolecular Hbond substituents is 1. The van der Waals surface area contributed by atoms with Gasteiger partial charge in [0.25, 0.3) is 5.91 Å². The van der Waals surface area contributed by atoms with Crippen molar-refractivity contribution in [3.63, 3.8) is 0 Å². The average Bonchev–Trinajstić information content (AvgIpc) is 2.69. The molecular formula is C24H22N2O2. The summed E-state index contributed by atoms with van der Waals surface area (Å²) in [5.41, 5.74) is 5.83. The van der Waals surface area contributed by atoms with Crippen molar-refractivity contribution < 1.29 is 9.90 Å². The fourth-order valence-corrected chi connectivity index (χ4v) is 3.42. The summed E-state index contributed by atoms with van der Waals surface area (Å²) < 4.78 is 0. The molecule has 0 bridgehead atoms. The van der Waals surface area contributed by atoms with Crippen LogP contribution in [0.2, 0.25) is 0 Å². The Balaban J connectivity index is 1.98. The average molecular weight is 370 g/mol. The smallest absolute Gasteiger partial charge is 0.258 e. The van der Waals surface area contributed by atoms with Gasteiger partial charge >= 0.3 is 0 Å². The largest absolute Gasteiger partial charge is 0.508 e. The molecule has 4 nitrogen and oxygen atoms in total. The summed E-state index contributed by atoms with van der Waals surface area (Å²) in [6.07, 6.45) is 0. The van der Waals surface area contributed by atoms with Crippen molar-refractivity contribution in [3.8, 4) is 22.9 Å². The van der Waals surface area contributed by atoms with Crippen LogP contribution in [-0.2, 0) is 0 Å². The highest BCUT2D eigenvalue weighted by atomic mass is 16.3. The van der Waals surface area contributed by atoms with Crippen LogP contribution in [0.3, 0.4) is 0 Å². The van der Waals surface area contributed by atoms with Crippen molar-refractivity contribution in [1.29, 1.82) is 5.26 Å². The number of rotatable bonds is 4. The second-order valence-corrected chi connectivity index (χ2v) is 6.74. The zero-order valence-corrected chi connectivity index (χ0v) is 16.2. The molecule has 0 aliphatic heterocycles. The molecule has 28 heavy (non-hydrogen) atoms. The van der Waals surface area contributed by atoms with Gasteiger partial charge < -0.3 is 10.0 Å². The molecular weight excluding hydrogens is 348 g/mol. The van der Waals surface area contributed by atoms with E-state index in [2.05, 4.69) is 6.07 Å². The van der Waals surface area contributed by atoms with E-state index in [-0.39, 0.29) is 11.7 Å². The molecule has 3 aromatic carbocycles. The number of nitriles is 1. The monoisotopic (exact) mass is 370 g/mol. The van der Waals surface area contributed by atoms with Crippen LogP contribution in [0.5, 0.6) is 5.75 Å². The van der Waals surface area contributed by atoms with Crippen molar-refractivity contribution in [2.24, 2.45) is 0 Å². The van der Waals surface area contributed by atoms with Gasteiger partial charge in [-0.1, -0.05) is 24.3 Å². The van der Waals surface area contributed by atoms with Gasteiger partial charge in [0.15, 0.2) is 0 Å². The number of aromatic hydroxyl groups is 1. The maximum absolute atomic E-state index is 13.3. The molecule has 0 aromatic heterocycles. The summed E-state index contributed by atoms with van der Waals surface area (Å²) in [5.74, 6) is 0.171. The van der Waals surface area contributed by atoms with Gasteiger partial charge in [-0.15, -0.1) is 0 Å². The molecule has 0 atom stereocenters. The van der Waals surface area contributed by atoms with Gasteiger partial charge in [-0.05, 0) is 79.4 Å². The fourth-order valence-electron chi connectivity index (χ4n) is 3.42. The highest BCUT2D eigenvalue weighted by Crippen LogP contribution is 2.28. The Morgan fingerprint density at radius 3 is 2.04 bits per heavy atom. The van der Waals surface area contributed by atoms with Gasteiger partial charge in [-0.2, -0.15) is 5.26 Å². The second kappa shape index (κ2) is 7.98. The van der Waals surface area contributed by atoms with Crippen LogP contribution in [-0.4, -0.2) is 17.6 Å². The number of benzene rings is 3. The van der Waals surface area contributed by atoms with Crippen molar-refractivity contribution in [2.45, 2.75) is 20.8 Å². The predicted molar refractivity (Wildman–Crippen MR) is 112 cm³/mol. The molecule has 1 amide bonds. The predicted octanol–water partition coefficient (Wildman–Crippen LogP) is 5.21. The second-order valence-electron chi connectivity index (χ2n) is 6.74. The summed E-state index contributed by atoms with van der Waals surface area (Å²) in [7, 11) is 0. The van der Waals surface area contributed by atoms with Gasteiger partial charge in [-0.25, -0.2) is 0 Å². The van der Waals surface area contributed by atoms with Crippen LogP contribution in [0.1, 0.15) is 34.0 Å². The number of carbonyl (C=O) groups is 1. The van der Waals surface area contributed by atoms with Crippen LogP contribution >= 0.6 is 0 Å². The number of carbonyl (C=O) groups excluding carboxylic acids is 1. The molecule has 1 N–H and O–H groups in total. The molecule has 3 aromatic rings. The Kier molecular flexibility index (Phi) is 5.47. The van der Waals surface area contributed by atoms with Gasteiger partial charge in [-0.3, -0.25) is 4.79 Å². The molecule has 0 aliphatic rings. The summed E-state index contributed by atoms with van der Waals surface area (Å²) in [6, 6.07) is 20.2. The number of phenols is 1. The highest BCUT2D eigenvalue weighted by Gasteiger charge is 2.21. The van der Waals surface area contributed by atoms with E-state index >= 15 is 0 Å². The number of nitrogens with zero attached hydrogens (tertiary/aromatic N) is 2. The molecule has 0 saturated heterocycles. The fraction of sp³-hybridized carbons (Fsp3) is 0.167. The van der Waals surface area contributed by atoms with Crippen molar-refractivity contribution in [2.75, 3.05) is 11.4 Å². The van der Waals surface area contributed by atoms with E-state index in [4.69, 9.17) is 5.26 Å². The van der Waals surface area contributed by atoms with E-state index in [1.54, 1.807) is 41.3 Å². The molecule has 140 valence electrons. The van der Waals surface area contributed by atoms with E-state index in [9.17, 15) is 9.90 Å². The summed E-state index contributed by atoms with van der Waals surface area (Å²) >= 11 is 0. The first kappa shape index (κ1) is 19.2. The third-order valence-electron chi connectivity index (χ3n) is 4.82. The molecule has 0 saturated carbocycles. The maximum Gasteiger partial charge on any atom is 0.258 e. The van der Waals surface area contributed by atoms with Gasteiger partial charge in [0.2, 0.25) is 0 Å². The first-order chi connectivity index (χ1) is 13.4. The Bertz CT molecular complexity index is 1020. The van der Waals surface area contributed by atoms with Crippen LogP contribution in [0, 0.1) is 25.2 Å². The van der Waals surface area contributed by atoms with Crippen molar-refractivity contribution in [1.82, 2.24) is 0 Å². The lowest BCUT2D eigenvalue weighted by atomic mass is 9.94. The number of aryl methyl sites for hydroxylation is 2. The number of hydrogen-bond donors (Lipinski definition) is 1. The number of amides is 1. The first-order valence-electron chi connectivity index (χ1n) is 9.17. The van der Waals surface area contributed by atoms with Crippen molar-refractivity contribution >= 4 is 11.6 Å². The third kappa shape index (κ3) is 3.74. The number of anilines is 1. The third-order valence-corrected chi connectivity index (χ3v) is 4.82. The Hall–Kier alpha value is -3.58. The molecule has 0 fully saturated rings. The van der Waals surface area contributed by atoms with Crippen LogP contribution in [0.4, 0.5) is 5.69 Å². The number of hydrogen-bond acceptors (Lipinski definition) is 3. The Labute approximate surface area is 165 Å². The molecule has 0 spiro atoms. The minimum atomic E-state index is -0.0561. The van der Waals surface area contributed by atoms with Crippen LogP contribution in [0.25, 0.3) is 11.1 Å². The zero-order valence-electron chi connectivity index (χ0n) is 16.2. The van der Waals surface area contributed by atoms with E-state index in [1.807, 2.05) is 45.0 Å². The van der Waals surface area contributed by atoms with Gasteiger partial charge in [0.1, 0.15) is 5.75 Å². The van der Waals surface area contributed by atoms with Gasteiger partial charge in [0, 0.05) is 17.8 Å². The molecule has 0 radical (unpaired) electrons. The Morgan fingerprint density at radius 2 is 1.54 bits per heavy atom. The molecule has 0 aliphatic carbocycles. The lowest BCUT2D eigenvalue weighted by Gasteiger charge is -2.23. The summed E-state index contributed by atoms with van der Waals surface area (Å²) in [5, 5.41) is 18.5. The van der Waals surface area contributed by atoms with Crippen molar-refractivity contribution in [3.05, 3.63) is 82.9 Å². The summed E-state index contributed by atoms with van der Waals surface area (Å²) in [4.78, 5) is 15.0. The standard InChI is InChI=1S/C24H22N2O2/c1-4-26(21-9-5-18(15-25)6-10-21)24(28)23-16(2)13-20(14-17(23)3)19-7-11-22(27)12-8-19/h5-14,27H,4H2,1-3H3. The first-order valence-corrected chi connectivity index (χ1v) is 9.17. The van der Waals surface area contributed by atoms with Crippen LogP contribution in [0.15, 0.2) is 60.7 Å². The lowest BCUT2D eigenvalue weighted by Crippen LogP contribution is -2.31. The quantitative estimate of drug-likeness (QED) is 0.685. The molecule has 4 heteroatoms. The zero-order chi connectivity index (χ0) is 20.3. The topological polar surface area (TPSA) is 64.3 Å². The highest BCUT2D eigenvalue weighted by molar-refractivity contribution is 6.08. The summed E-state index contributed by atoms with van der Waals surface area (Å²) in [6.45, 7) is 6.35. The Morgan fingerprint density at radius 1 is 0.964 bits per heavy atom. The lowest BCUT2D eigenvalue weighted by molar-refractivity contribution is 0.0987. The normalized spacial score (nSPS) is 10.4. The van der Waals surface area contributed by atoms with E-state index in [0.29, 0.717) is 17.7 Å². The van der Waals surface area contributed by atoms with Gasteiger partial charge in [0.05, 0.1) is 11.6 Å². The van der Waals surface area contributed by atoms with E-state index in [0.717, 1.165) is 27.9 Å². The van der Waals surface area contributed by atoms with E-state index in [1.165, 1.54) is 0 Å².